The Kier molecular flexibility index (Phi) is 2.91. The summed E-state index contributed by atoms with van der Waals surface area (Å²) in [7, 11) is 0. The highest BCUT2D eigenvalue weighted by molar-refractivity contribution is 5.93. The first kappa shape index (κ1) is 13.5. The van der Waals surface area contributed by atoms with Crippen LogP contribution in [-0.4, -0.2) is 5.11 Å². The molecule has 112 valence electrons. The molecule has 1 aliphatic carbocycles. The van der Waals surface area contributed by atoms with Crippen molar-refractivity contribution in [3.05, 3.63) is 51.9 Å². The molecule has 0 saturated heterocycles. The lowest BCUT2D eigenvalue weighted by Crippen LogP contribution is -1.87. The van der Waals surface area contributed by atoms with Crippen LogP contribution in [0, 0.1) is 16.2 Å². The van der Waals surface area contributed by atoms with E-state index in [1.165, 1.54) is 6.07 Å². The molecule has 0 spiro atoms. The van der Waals surface area contributed by atoms with Crippen LogP contribution < -0.4 is 0 Å². The van der Waals surface area contributed by atoms with Gasteiger partial charge in [0.1, 0.15) is 28.8 Å². The summed E-state index contributed by atoms with van der Waals surface area (Å²) in [4.78, 5) is 10.7. The molecule has 0 radical (unpaired) electrons. The predicted octanol–water partition coefficient (Wildman–Crippen LogP) is 4.56. The Morgan fingerprint density at radius 2 is 2.09 bits per heavy atom. The van der Waals surface area contributed by atoms with Gasteiger partial charge in [-0.05, 0) is 60.3 Å². The van der Waals surface area contributed by atoms with Crippen molar-refractivity contribution in [1.82, 2.24) is 0 Å². The van der Waals surface area contributed by atoms with Gasteiger partial charge in [-0.15, -0.1) is 4.91 Å². The fraction of sp³-hybridized carbons (Fsp3) is 0.167. The van der Waals surface area contributed by atoms with Crippen LogP contribution in [0.25, 0.3) is 22.3 Å². The first-order chi connectivity index (χ1) is 11.2. The fourth-order valence-electron chi connectivity index (χ4n) is 3.30. The summed E-state index contributed by atoms with van der Waals surface area (Å²) in [5.41, 5.74) is 3.96. The van der Waals surface area contributed by atoms with E-state index in [2.05, 4.69) is 5.18 Å². The number of nitroso groups, excluding NO2 is 1. The quantitative estimate of drug-likeness (QED) is 0.667. The van der Waals surface area contributed by atoms with Crippen molar-refractivity contribution in [1.29, 1.82) is 5.26 Å². The van der Waals surface area contributed by atoms with Crippen molar-refractivity contribution in [2.24, 2.45) is 5.18 Å². The zero-order valence-electron chi connectivity index (χ0n) is 12.2. The van der Waals surface area contributed by atoms with E-state index in [0.29, 0.717) is 17.0 Å². The molecule has 4 rings (SSSR count). The number of nitrogens with zero attached hydrogens (tertiary/aromatic N) is 2. The highest BCUT2D eigenvalue weighted by atomic mass is 16.3. The smallest absolute Gasteiger partial charge is 0.156 e. The molecule has 3 aromatic rings. The summed E-state index contributed by atoms with van der Waals surface area (Å²) in [5, 5.41) is 23.0. The molecule has 5 heteroatoms. The summed E-state index contributed by atoms with van der Waals surface area (Å²) in [6.45, 7) is 0. The van der Waals surface area contributed by atoms with Gasteiger partial charge in [0.25, 0.3) is 0 Å². The Hall–Kier alpha value is -3.13. The van der Waals surface area contributed by atoms with Crippen LogP contribution in [0.5, 0.6) is 5.75 Å². The van der Waals surface area contributed by atoms with Gasteiger partial charge in [-0.1, -0.05) is 0 Å². The Labute approximate surface area is 131 Å². The third-order valence-corrected chi connectivity index (χ3v) is 4.36. The largest absolute Gasteiger partial charge is 0.506 e. The summed E-state index contributed by atoms with van der Waals surface area (Å²) in [6.07, 6.45) is 2.57. The van der Waals surface area contributed by atoms with Gasteiger partial charge in [-0.2, -0.15) is 5.26 Å². The molecule has 5 nitrogen and oxygen atoms in total. The van der Waals surface area contributed by atoms with Crippen LogP contribution in [-0.2, 0) is 12.8 Å². The molecule has 1 N–H and O–H groups in total. The second-order valence-electron chi connectivity index (χ2n) is 5.64. The molecule has 0 fully saturated rings. The first-order valence-electron chi connectivity index (χ1n) is 7.37. The molecule has 0 amide bonds. The molecule has 23 heavy (non-hydrogen) atoms. The Morgan fingerprint density at radius 3 is 2.87 bits per heavy atom. The topological polar surface area (TPSA) is 86.6 Å². The molecular formula is C18H12N2O3. The number of benzene rings is 2. The average Bonchev–Trinajstić information content (AvgIpc) is 2.83. The van der Waals surface area contributed by atoms with E-state index >= 15 is 0 Å². The minimum absolute atomic E-state index is 0.0790. The van der Waals surface area contributed by atoms with Gasteiger partial charge in [-0.3, -0.25) is 0 Å². The zero-order chi connectivity index (χ0) is 16.0. The SMILES string of the molecule is N#Cc1c(O)ccc2c3c(oc12)-c1ccc(N=O)cc1CCC3. The van der Waals surface area contributed by atoms with E-state index in [1.807, 2.05) is 12.1 Å². The zero-order valence-corrected chi connectivity index (χ0v) is 12.2. The molecule has 1 aromatic heterocycles. The average molecular weight is 304 g/mol. The van der Waals surface area contributed by atoms with Crippen molar-refractivity contribution in [2.45, 2.75) is 19.3 Å². The van der Waals surface area contributed by atoms with E-state index in [-0.39, 0.29) is 11.3 Å². The monoisotopic (exact) mass is 304 g/mol. The van der Waals surface area contributed by atoms with E-state index in [1.54, 1.807) is 18.2 Å². The molecule has 1 aliphatic rings. The van der Waals surface area contributed by atoms with Crippen LogP contribution >= 0.6 is 0 Å². The maximum absolute atomic E-state index is 10.7. The van der Waals surface area contributed by atoms with Gasteiger partial charge in [-0.25, -0.2) is 0 Å². The van der Waals surface area contributed by atoms with Crippen molar-refractivity contribution in [2.75, 3.05) is 0 Å². The van der Waals surface area contributed by atoms with Gasteiger partial charge in [0.2, 0.25) is 0 Å². The lowest BCUT2D eigenvalue weighted by Gasteiger charge is -2.05. The molecule has 0 bridgehead atoms. The van der Waals surface area contributed by atoms with E-state index < -0.39 is 0 Å². The number of hydrogen-bond donors (Lipinski definition) is 1. The minimum Gasteiger partial charge on any atom is -0.506 e. The second kappa shape index (κ2) is 4.96. The third kappa shape index (κ3) is 1.92. The lowest BCUT2D eigenvalue weighted by atomic mass is 10.0. The summed E-state index contributed by atoms with van der Waals surface area (Å²) >= 11 is 0. The minimum atomic E-state index is -0.0790. The number of furan rings is 1. The van der Waals surface area contributed by atoms with Gasteiger partial charge < -0.3 is 9.52 Å². The normalized spacial score (nSPS) is 13.0. The Morgan fingerprint density at radius 1 is 1.22 bits per heavy atom. The van der Waals surface area contributed by atoms with Crippen LogP contribution in [0.1, 0.15) is 23.1 Å². The molecule has 2 aromatic carbocycles. The number of fused-ring (bicyclic) bond motifs is 5. The lowest BCUT2D eigenvalue weighted by molar-refractivity contribution is 0.473. The molecule has 0 saturated carbocycles. The third-order valence-electron chi connectivity index (χ3n) is 4.36. The van der Waals surface area contributed by atoms with Gasteiger partial charge in [0, 0.05) is 16.5 Å². The number of hydrogen-bond acceptors (Lipinski definition) is 5. The predicted molar refractivity (Wildman–Crippen MR) is 85.5 cm³/mol. The number of phenolic OH excluding ortho intramolecular Hbond substituents is 1. The summed E-state index contributed by atoms with van der Waals surface area (Å²) in [6, 6.07) is 10.6. The number of rotatable bonds is 1. The van der Waals surface area contributed by atoms with Crippen molar-refractivity contribution in [3.63, 3.8) is 0 Å². The van der Waals surface area contributed by atoms with Gasteiger partial charge >= 0.3 is 0 Å². The maximum atomic E-state index is 10.7. The number of aromatic hydroxyl groups is 1. The van der Waals surface area contributed by atoms with Crippen LogP contribution in [0.4, 0.5) is 5.69 Å². The van der Waals surface area contributed by atoms with E-state index in [4.69, 9.17) is 4.42 Å². The van der Waals surface area contributed by atoms with E-state index in [0.717, 1.165) is 41.3 Å². The van der Waals surface area contributed by atoms with Gasteiger partial charge in [0.15, 0.2) is 5.58 Å². The highest BCUT2D eigenvalue weighted by Crippen LogP contribution is 2.42. The van der Waals surface area contributed by atoms with Crippen LogP contribution in [0.2, 0.25) is 0 Å². The molecule has 0 aliphatic heterocycles. The van der Waals surface area contributed by atoms with Crippen molar-refractivity contribution < 1.29 is 9.52 Å². The maximum Gasteiger partial charge on any atom is 0.156 e. The molecule has 0 unspecified atom stereocenters. The molecular weight excluding hydrogens is 292 g/mol. The van der Waals surface area contributed by atoms with Crippen LogP contribution in [0.3, 0.4) is 0 Å². The second-order valence-corrected chi connectivity index (χ2v) is 5.64. The molecule has 0 atom stereocenters. The number of phenols is 1. The Balaban J connectivity index is 2.05. The summed E-state index contributed by atoms with van der Waals surface area (Å²) < 4.78 is 5.98. The van der Waals surface area contributed by atoms with Gasteiger partial charge in [0.05, 0.1) is 0 Å². The summed E-state index contributed by atoms with van der Waals surface area (Å²) in [5.74, 6) is 0.636. The van der Waals surface area contributed by atoms with E-state index in [9.17, 15) is 15.3 Å². The number of aryl methyl sites for hydroxylation is 2. The first-order valence-corrected chi connectivity index (χ1v) is 7.37. The Bertz CT molecular complexity index is 996. The number of nitriles is 1. The standard InChI is InChI=1S/C18H12N2O3/c19-9-15-16(21)7-6-14-13-3-1-2-10-8-11(20-22)4-5-12(10)17(13)23-18(14)15/h4-8,21H,1-3H2. The molecule has 1 heterocycles. The van der Waals surface area contributed by atoms with Crippen molar-refractivity contribution in [3.8, 4) is 23.1 Å². The van der Waals surface area contributed by atoms with Crippen molar-refractivity contribution >= 4 is 16.7 Å². The fourth-order valence-corrected chi connectivity index (χ4v) is 3.30. The van der Waals surface area contributed by atoms with Crippen LogP contribution in [0.15, 0.2) is 39.9 Å². The highest BCUT2D eigenvalue weighted by Gasteiger charge is 2.24.